The summed E-state index contributed by atoms with van der Waals surface area (Å²) in [6.07, 6.45) is -1.68. The molecule has 2 aromatic heterocycles. The van der Waals surface area contributed by atoms with Crippen molar-refractivity contribution in [2.45, 2.75) is 105 Å². The Balaban J connectivity index is 1.49. The largest absolute Gasteiger partial charge is 0.744 e. The van der Waals surface area contributed by atoms with Gasteiger partial charge < -0.3 is 37.6 Å². The van der Waals surface area contributed by atoms with Gasteiger partial charge in [0, 0.05) is 72.0 Å². The summed E-state index contributed by atoms with van der Waals surface area (Å²) in [6, 6.07) is 22.5. The molecular weight excluding hydrogens is 945 g/mol. The van der Waals surface area contributed by atoms with E-state index >= 15 is 0 Å². The maximum absolute atomic E-state index is 14.9. The highest BCUT2D eigenvalue weighted by atomic mass is 28.4. The number of hydrogen-bond donors (Lipinski definition) is 0. The second-order valence-corrected chi connectivity index (χ2v) is 25.1. The summed E-state index contributed by atoms with van der Waals surface area (Å²) < 4.78 is 43.2. The van der Waals surface area contributed by atoms with Gasteiger partial charge in [0.25, 0.3) is 0 Å². The molecule has 0 saturated heterocycles. The highest BCUT2D eigenvalue weighted by Gasteiger charge is 2.60. The van der Waals surface area contributed by atoms with Gasteiger partial charge in [-0.2, -0.15) is 0 Å². The van der Waals surface area contributed by atoms with E-state index in [0.29, 0.717) is 66.8 Å². The van der Waals surface area contributed by atoms with Gasteiger partial charge in [-0.15, -0.1) is 0 Å². The number of nitrogens with zero attached hydrogens (tertiary/aromatic N) is 10. The number of amidine groups is 4. The van der Waals surface area contributed by atoms with Crippen LogP contribution in [0.15, 0.2) is 103 Å². The first-order valence-electron chi connectivity index (χ1n) is 24.1. The third-order valence-corrected chi connectivity index (χ3v) is 14.3. The van der Waals surface area contributed by atoms with Gasteiger partial charge in [-0.1, -0.05) is 0 Å². The van der Waals surface area contributed by atoms with E-state index in [2.05, 4.69) is 0 Å². The van der Waals surface area contributed by atoms with E-state index in [1.54, 1.807) is 36.7 Å². The number of benzene rings is 4. The molecule has 18 nitrogen and oxygen atoms in total. The molecule has 19 heteroatoms. The zero-order valence-corrected chi connectivity index (χ0v) is 45.2. The maximum atomic E-state index is 14.9. The summed E-state index contributed by atoms with van der Waals surface area (Å²) >= 11 is 0. The SMILES string of the molecule is CN(C)C(=O)O[Si]1(OC(=O)N(C)C)n2c3c4cc(OC(C)(C)C)ccc4c2/N=C2N=C(/N=c4/c5cc(OC(C)(C)C)ccc5/c(n41)=N/C1=NC(=N\3)/c3ccc(OC(C)(C)C)cc31)c1ccc(OC(C)(C)C)cc1\2. The number of fused-ring (bicyclic) bond motifs is 14. The Morgan fingerprint density at radius 3 is 1.22 bits per heavy atom. The highest BCUT2D eigenvalue weighted by molar-refractivity contribution is 6.69. The van der Waals surface area contributed by atoms with Crippen molar-refractivity contribution in [3.8, 4) is 23.0 Å². The second kappa shape index (κ2) is 16.6. The number of rotatable bonds is 6. The van der Waals surface area contributed by atoms with Crippen LogP contribution in [0.25, 0.3) is 21.5 Å². The van der Waals surface area contributed by atoms with Crippen molar-refractivity contribution in [3.05, 3.63) is 106 Å². The molecule has 10 rings (SSSR count). The monoisotopic (exact) mass is 1000 g/mol. The number of carbonyl (C=O) groups excluding carboxylic acids is 2. The number of aromatic nitrogens is 2. The van der Waals surface area contributed by atoms with E-state index in [-0.39, 0.29) is 46.0 Å². The third kappa shape index (κ3) is 8.99. The Morgan fingerprint density at radius 2 is 0.767 bits per heavy atom. The van der Waals surface area contributed by atoms with Crippen LogP contribution in [0.5, 0.6) is 23.0 Å². The van der Waals surface area contributed by atoms with Crippen LogP contribution in [0.4, 0.5) is 21.2 Å². The molecule has 73 heavy (non-hydrogen) atoms. The lowest BCUT2D eigenvalue weighted by Gasteiger charge is -2.33. The number of aliphatic imine (C=N–C) groups is 4. The lowest BCUT2D eigenvalue weighted by molar-refractivity contribution is 0.124. The molecule has 4 aromatic carbocycles. The van der Waals surface area contributed by atoms with Crippen molar-refractivity contribution >= 4 is 77.6 Å². The van der Waals surface area contributed by atoms with Gasteiger partial charge in [0.1, 0.15) is 68.0 Å². The number of hydrogen-bond acceptors (Lipinski definition) is 14. The second-order valence-electron chi connectivity index (χ2n) is 22.7. The Labute approximate surface area is 424 Å². The van der Waals surface area contributed by atoms with E-state index in [0.717, 1.165) is 0 Å². The Hall–Kier alpha value is -7.80. The summed E-state index contributed by atoms with van der Waals surface area (Å²) in [7, 11) is 0.941. The van der Waals surface area contributed by atoms with Crippen molar-refractivity contribution in [1.82, 2.24) is 18.3 Å². The van der Waals surface area contributed by atoms with E-state index in [4.69, 9.17) is 57.8 Å². The first kappa shape index (κ1) is 48.8. The van der Waals surface area contributed by atoms with Crippen LogP contribution in [-0.4, -0.2) is 113 Å². The predicted octanol–water partition coefficient (Wildman–Crippen LogP) is 9.48. The highest BCUT2D eigenvalue weighted by Crippen LogP contribution is 2.46. The summed E-state index contributed by atoms with van der Waals surface area (Å²) in [5.74, 6) is 3.64. The molecule has 0 spiro atoms. The number of carbonyl (C=O) groups is 2. The van der Waals surface area contributed by atoms with E-state index in [1.807, 2.05) is 156 Å². The van der Waals surface area contributed by atoms with Crippen LogP contribution in [-0.2, 0) is 8.85 Å². The van der Waals surface area contributed by atoms with Gasteiger partial charge in [0.05, 0.1) is 0 Å². The predicted molar refractivity (Wildman–Crippen MR) is 283 cm³/mol. The average molecular weight is 1010 g/mol. The number of amides is 2. The van der Waals surface area contributed by atoms with Gasteiger partial charge >= 0.3 is 21.1 Å². The molecule has 4 aliphatic rings. The smallest absolute Gasteiger partial charge is 0.488 e. The van der Waals surface area contributed by atoms with E-state index in [1.165, 1.54) is 9.80 Å². The van der Waals surface area contributed by atoms with Crippen molar-refractivity contribution in [3.63, 3.8) is 0 Å². The molecule has 6 aromatic rings. The van der Waals surface area contributed by atoms with Gasteiger partial charge in [-0.05, 0) is 156 Å². The molecule has 0 radical (unpaired) electrons. The summed E-state index contributed by atoms with van der Waals surface area (Å²) in [4.78, 5) is 64.5. The third-order valence-electron chi connectivity index (χ3n) is 11.4. The van der Waals surface area contributed by atoms with Crippen molar-refractivity contribution in [1.29, 1.82) is 0 Å². The molecule has 2 amide bonds. The minimum Gasteiger partial charge on any atom is -0.488 e. The van der Waals surface area contributed by atoms with Crippen molar-refractivity contribution in [2.75, 3.05) is 28.2 Å². The first-order chi connectivity index (χ1) is 34.0. The molecule has 4 aliphatic heterocycles. The van der Waals surface area contributed by atoms with Crippen molar-refractivity contribution in [2.24, 2.45) is 30.0 Å². The number of ether oxygens (including phenoxy) is 4. The van der Waals surface area contributed by atoms with Crippen LogP contribution in [0.3, 0.4) is 0 Å². The van der Waals surface area contributed by atoms with Crippen LogP contribution in [0, 0.1) is 0 Å². The van der Waals surface area contributed by atoms with Gasteiger partial charge in [-0.25, -0.2) is 39.5 Å². The molecule has 0 aliphatic carbocycles. The molecule has 0 fully saturated rings. The van der Waals surface area contributed by atoms with Crippen LogP contribution in [0.1, 0.15) is 105 Å². The van der Waals surface area contributed by atoms with Gasteiger partial charge in [0.2, 0.25) is 0 Å². The lowest BCUT2D eigenvalue weighted by atomic mass is 10.1. The van der Waals surface area contributed by atoms with E-state index in [9.17, 15) is 9.59 Å². The minimum absolute atomic E-state index is 0.181. The molecule has 378 valence electrons. The minimum atomic E-state index is -5.27. The summed E-state index contributed by atoms with van der Waals surface area (Å²) in [5.41, 5.74) is 0.603. The molecule has 6 bridgehead atoms. The topological polar surface area (TPSA) is 180 Å². The summed E-state index contributed by atoms with van der Waals surface area (Å²) in [6.45, 7) is 23.6. The van der Waals surface area contributed by atoms with Gasteiger partial charge in [0.15, 0.2) is 23.3 Å². The van der Waals surface area contributed by atoms with Gasteiger partial charge in [-0.3, -0.25) is 8.47 Å². The molecule has 0 atom stereocenters. The zero-order valence-electron chi connectivity index (χ0n) is 44.2. The fourth-order valence-corrected chi connectivity index (χ4v) is 12.0. The quantitative estimate of drug-likeness (QED) is 0.148. The average Bonchev–Trinajstić information content (AvgIpc) is 3.96. The Kier molecular flexibility index (Phi) is 11.1. The molecule has 0 unspecified atom stereocenters. The molecular formula is C54H60N10O8Si. The molecule has 0 N–H and O–H groups in total. The van der Waals surface area contributed by atoms with Crippen LogP contribution >= 0.6 is 0 Å². The lowest BCUT2D eigenvalue weighted by Crippen LogP contribution is -2.66. The fraction of sp³-hybridized carbons (Fsp3) is 0.370. The van der Waals surface area contributed by atoms with E-state index < -0.39 is 43.5 Å². The normalized spacial score (nSPS) is 17.7. The Morgan fingerprint density at radius 1 is 0.411 bits per heavy atom. The Bertz CT molecular complexity index is 3610. The van der Waals surface area contributed by atoms with Crippen molar-refractivity contribution < 1.29 is 37.4 Å². The fourth-order valence-electron chi connectivity index (χ4n) is 8.84. The first-order valence-corrected chi connectivity index (χ1v) is 25.8. The van der Waals surface area contributed by atoms with Crippen LogP contribution in [0.2, 0.25) is 0 Å². The summed E-state index contributed by atoms with van der Waals surface area (Å²) in [5, 5.41) is 2.08. The molecule has 0 saturated carbocycles. The van der Waals surface area contributed by atoms with Crippen LogP contribution < -0.4 is 29.9 Å². The standard InChI is InChI=1S/C54H60N10O8Si/c1-51(2,3)67-29-17-21-33-37(25-29)43-55-41(33)57-47-40-28-32(70-54(10,11)12)20-24-36(40)46-60-44-38-26-30(68-52(4,5)6)18-22-34(38)42(56-44)58-48-39-27-31(69-53(7,8)9)19-23-35(39)45(59-43)63(48)73(64(46)47,71-49(65)61(13)14)72-50(66)62(15)16/h17-28H,1-16H3/b57-41-,57-47?,58-42?,58-48-,59-43?,59-45-,60-44-,60-46?. The zero-order chi connectivity index (χ0) is 52.5. The molecule has 6 heterocycles. The maximum Gasteiger partial charge on any atom is 0.744 e.